The maximum absolute atomic E-state index is 12.9. The Morgan fingerprint density at radius 3 is 1.79 bits per heavy atom. The van der Waals surface area contributed by atoms with E-state index in [4.69, 9.17) is 14.6 Å². The zero-order chi connectivity index (χ0) is 28.8. The minimum atomic E-state index is 0.0418. The van der Waals surface area contributed by atoms with Gasteiger partial charge in [0, 0.05) is 12.6 Å². The van der Waals surface area contributed by atoms with Gasteiger partial charge in [0.15, 0.2) is 0 Å². The fourth-order valence-corrected chi connectivity index (χ4v) is 5.35. The van der Waals surface area contributed by atoms with Crippen molar-refractivity contribution in [2.24, 2.45) is 5.92 Å². The summed E-state index contributed by atoms with van der Waals surface area (Å²) in [6.07, 6.45) is 24.8. The normalized spacial score (nSPS) is 12.9. The lowest BCUT2D eigenvalue weighted by Crippen LogP contribution is -2.32. The lowest BCUT2D eigenvalue weighted by atomic mass is 9.94. The van der Waals surface area contributed by atoms with Crippen molar-refractivity contribution >= 4 is 12.4 Å². The van der Waals surface area contributed by atoms with Crippen LogP contribution in [0.25, 0.3) is 0 Å². The van der Waals surface area contributed by atoms with E-state index in [0.29, 0.717) is 25.7 Å². The SMILES string of the molecule is CCCCCCCCC(CCCCCC)C(=O)OCCCCCC(CCCCCOC=O)N(C)CCCCO. The number of nitrogens with zero attached hydrogens (tertiary/aromatic N) is 1. The molecule has 0 amide bonds. The largest absolute Gasteiger partial charge is 0.468 e. The number of aliphatic hydroxyl groups excluding tert-OH is 1. The summed E-state index contributed by atoms with van der Waals surface area (Å²) in [5, 5.41) is 9.11. The number of rotatable bonds is 31. The highest BCUT2D eigenvalue weighted by molar-refractivity contribution is 5.72. The van der Waals surface area contributed by atoms with E-state index < -0.39 is 0 Å². The van der Waals surface area contributed by atoms with Gasteiger partial charge in [0.25, 0.3) is 6.47 Å². The summed E-state index contributed by atoms with van der Waals surface area (Å²) in [6, 6.07) is 0.531. The number of hydrogen-bond acceptors (Lipinski definition) is 6. The lowest BCUT2D eigenvalue weighted by molar-refractivity contribution is -0.149. The van der Waals surface area contributed by atoms with Gasteiger partial charge in [0.2, 0.25) is 0 Å². The highest BCUT2D eigenvalue weighted by Crippen LogP contribution is 2.21. The average Bonchev–Trinajstić information content (AvgIpc) is 2.94. The van der Waals surface area contributed by atoms with Crippen LogP contribution in [0.15, 0.2) is 0 Å². The molecule has 232 valence electrons. The molecule has 0 aromatic heterocycles. The van der Waals surface area contributed by atoms with Crippen LogP contribution in [0.2, 0.25) is 0 Å². The van der Waals surface area contributed by atoms with Crippen LogP contribution in [0, 0.1) is 5.92 Å². The molecule has 0 spiro atoms. The molecule has 0 aliphatic rings. The minimum Gasteiger partial charge on any atom is -0.468 e. The van der Waals surface area contributed by atoms with E-state index >= 15 is 0 Å². The van der Waals surface area contributed by atoms with Gasteiger partial charge in [-0.05, 0) is 65.0 Å². The standard InChI is InChI=1S/C33H65NO5/c1-4-6-8-10-11-15-23-31(22-14-9-7-5-2)33(37)39-29-21-13-17-25-32(34(3)26-18-19-27-35)24-16-12-20-28-38-30-36/h30-32,35H,4-29H2,1-3H3. The summed E-state index contributed by atoms with van der Waals surface area (Å²) in [6.45, 7) is 7.33. The lowest BCUT2D eigenvalue weighted by Gasteiger charge is -2.28. The van der Waals surface area contributed by atoms with Crippen molar-refractivity contribution in [3.63, 3.8) is 0 Å². The molecule has 2 atom stereocenters. The van der Waals surface area contributed by atoms with Crippen molar-refractivity contribution in [1.29, 1.82) is 0 Å². The Hall–Kier alpha value is -1.14. The van der Waals surface area contributed by atoms with Crippen LogP contribution < -0.4 is 0 Å². The van der Waals surface area contributed by atoms with Crippen LogP contribution in [-0.4, -0.2) is 61.9 Å². The Bertz CT molecular complexity index is 530. The number of carbonyl (C=O) groups is 2. The number of unbranched alkanes of at least 4 members (excludes halogenated alkanes) is 13. The van der Waals surface area contributed by atoms with E-state index in [9.17, 15) is 9.59 Å². The molecule has 0 fully saturated rings. The summed E-state index contributed by atoms with van der Waals surface area (Å²) in [5.41, 5.74) is 0. The molecule has 0 aliphatic carbocycles. The Labute approximate surface area is 242 Å². The van der Waals surface area contributed by atoms with Crippen LogP contribution in [0.5, 0.6) is 0 Å². The Kier molecular flexibility index (Phi) is 29.0. The maximum Gasteiger partial charge on any atom is 0.308 e. The van der Waals surface area contributed by atoms with E-state index in [2.05, 4.69) is 25.8 Å². The van der Waals surface area contributed by atoms with Crippen molar-refractivity contribution in [3.05, 3.63) is 0 Å². The van der Waals surface area contributed by atoms with Gasteiger partial charge in [0.1, 0.15) is 0 Å². The smallest absolute Gasteiger partial charge is 0.308 e. The van der Waals surface area contributed by atoms with Gasteiger partial charge < -0.3 is 19.5 Å². The van der Waals surface area contributed by atoms with Gasteiger partial charge in [0.05, 0.1) is 19.1 Å². The van der Waals surface area contributed by atoms with E-state index in [0.717, 1.165) is 96.4 Å². The van der Waals surface area contributed by atoms with Gasteiger partial charge in [-0.25, -0.2) is 0 Å². The molecule has 2 unspecified atom stereocenters. The van der Waals surface area contributed by atoms with E-state index in [-0.39, 0.29) is 18.5 Å². The molecule has 6 heteroatoms. The van der Waals surface area contributed by atoms with E-state index in [1.165, 1.54) is 51.4 Å². The first kappa shape index (κ1) is 37.9. The zero-order valence-electron chi connectivity index (χ0n) is 26.1. The third-order valence-electron chi connectivity index (χ3n) is 7.98. The second-order valence-electron chi connectivity index (χ2n) is 11.5. The quantitative estimate of drug-likeness (QED) is 0.0527. The van der Waals surface area contributed by atoms with Gasteiger partial charge in [-0.1, -0.05) is 104 Å². The fraction of sp³-hybridized carbons (Fsp3) is 0.939. The van der Waals surface area contributed by atoms with Gasteiger partial charge in [-0.2, -0.15) is 0 Å². The third kappa shape index (κ3) is 24.4. The first-order valence-electron chi connectivity index (χ1n) is 16.6. The highest BCUT2D eigenvalue weighted by atomic mass is 16.5. The average molecular weight is 556 g/mol. The molecule has 0 bridgehead atoms. The molecule has 0 aliphatic heterocycles. The molecule has 0 heterocycles. The molecule has 0 aromatic rings. The summed E-state index contributed by atoms with van der Waals surface area (Å²) in [7, 11) is 2.20. The van der Waals surface area contributed by atoms with Crippen LogP contribution in [0.4, 0.5) is 0 Å². The van der Waals surface area contributed by atoms with Crippen molar-refractivity contribution in [3.8, 4) is 0 Å². The van der Waals surface area contributed by atoms with Crippen LogP contribution in [-0.2, 0) is 19.1 Å². The summed E-state index contributed by atoms with van der Waals surface area (Å²) in [5.74, 6) is 0.127. The Balaban J connectivity index is 4.37. The molecule has 0 rings (SSSR count). The molecule has 1 N–H and O–H groups in total. The first-order valence-corrected chi connectivity index (χ1v) is 16.6. The van der Waals surface area contributed by atoms with Crippen LogP contribution >= 0.6 is 0 Å². The van der Waals surface area contributed by atoms with Crippen molar-refractivity contribution in [1.82, 2.24) is 4.90 Å². The summed E-state index contributed by atoms with van der Waals surface area (Å²) in [4.78, 5) is 25.6. The molecule has 0 radical (unpaired) electrons. The first-order chi connectivity index (χ1) is 19.1. The number of carbonyl (C=O) groups excluding carboxylic acids is 2. The zero-order valence-corrected chi connectivity index (χ0v) is 26.1. The number of ether oxygens (including phenoxy) is 2. The number of esters is 1. The minimum absolute atomic E-state index is 0.0418. The third-order valence-corrected chi connectivity index (χ3v) is 7.98. The Morgan fingerprint density at radius 1 is 0.692 bits per heavy atom. The predicted molar refractivity (Wildman–Crippen MR) is 163 cm³/mol. The molecule has 6 nitrogen and oxygen atoms in total. The van der Waals surface area contributed by atoms with Gasteiger partial charge in [-0.15, -0.1) is 0 Å². The number of aliphatic hydroxyl groups is 1. The summed E-state index contributed by atoms with van der Waals surface area (Å²) >= 11 is 0. The number of hydrogen-bond donors (Lipinski definition) is 1. The van der Waals surface area contributed by atoms with Crippen LogP contribution in [0.3, 0.4) is 0 Å². The van der Waals surface area contributed by atoms with E-state index in [1.54, 1.807) is 0 Å². The van der Waals surface area contributed by atoms with Crippen molar-refractivity contribution in [2.45, 2.75) is 161 Å². The second-order valence-corrected chi connectivity index (χ2v) is 11.5. The topological polar surface area (TPSA) is 76.1 Å². The second kappa shape index (κ2) is 29.8. The van der Waals surface area contributed by atoms with Crippen LogP contribution in [0.1, 0.15) is 155 Å². The van der Waals surface area contributed by atoms with Crippen molar-refractivity contribution in [2.75, 3.05) is 33.4 Å². The molecular weight excluding hydrogens is 490 g/mol. The van der Waals surface area contributed by atoms with E-state index in [1.807, 2.05) is 0 Å². The maximum atomic E-state index is 12.9. The van der Waals surface area contributed by atoms with Crippen molar-refractivity contribution < 1.29 is 24.2 Å². The molecular formula is C33H65NO5. The fourth-order valence-electron chi connectivity index (χ4n) is 5.35. The predicted octanol–water partition coefficient (Wildman–Crippen LogP) is 8.23. The van der Waals surface area contributed by atoms with Gasteiger partial charge in [-0.3, -0.25) is 9.59 Å². The highest BCUT2D eigenvalue weighted by Gasteiger charge is 2.19. The molecule has 0 saturated carbocycles. The molecule has 0 saturated heterocycles. The monoisotopic (exact) mass is 555 g/mol. The molecule has 0 aromatic carbocycles. The molecule has 39 heavy (non-hydrogen) atoms. The Morgan fingerprint density at radius 2 is 1.21 bits per heavy atom. The van der Waals surface area contributed by atoms with Gasteiger partial charge >= 0.3 is 5.97 Å². The summed E-state index contributed by atoms with van der Waals surface area (Å²) < 4.78 is 10.6.